The van der Waals surface area contributed by atoms with Crippen LogP contribution in [0, 0.1) is 17.0 Å². The summed E-state index contributed by atoms with van der Waals surface area (Å²) in [4.78, 5) is 14.7. The monoisotopic (exact) mass is 456 g/mol. The summed E-state index contributed by atoms with van der Waals surface area (Å²) >= 11 is 0. The van der Waals surface area contributed by atoms with Crippen molar-refractivity contribution in [1.82, 2.24) is 9.21 Å². The molecule has 2 aliphatic rings. The van der Waals surface area contributed by atoms with Crippen LogP contribution in [0.15, 0.2) is 29.7 Å². The third-order valence-corrected chi connectivity index (χ3v) is 6.63. The summed E-state index contributed by atoms with van der Waals surface area (Å²) in [6.45, 7) is 0.974. The van der Waals surface area contributed by atoms with Crippen molar-refractivity contribution in [2.24, 2.45) is 0 Å². The Morgan fingerprint density at radius 3 is 2.23 bits per heavy atom. The van der Waals surface area contributed by atoms with Crippen molar-refractivity contribution >= 4 is 27.8 Å². The molecular weight excluding hydrogens is 430 g/mol. The quantitative estimate of drug-likeness (QED) is 0.372. The van der Waals surface area contributed by atoms with Gasteiger partial charge in [0.15, 0.2) is 0 Å². The van der Waals surface area contributed by atoms with Crippen LogP contribution in [-0.4, -0.2) is 68.3 Å². The maximum atomic E-state index is 13.5. The molecule has 3 rings (SSSR count). The fourth-order valence-corrected chi connectivity index (χ4v) is 4.60. The molecule has 1 saturated heterocycles. The molecule has 1 heterocycles. The highest BCUT2D eigenvalue weighted by molar-refractivity contribution is 7.88. The van der Waals surface area contributed by atoms with Gasteiger partial charge in [0.2, 0.25) is 15.8 Å². The molecule has 0 spiro atoms. The van der Waals surface area contributed by atoms with E-state index >= 15 is 0 Å². The number of ether oxygens (including phenoxy) is 1. The summed E-state index contributed by atoms with van der Waals surface area (Å²) in [5, 5.41) is 10.3. The van der Waals surface area contributed by atoms with Gasteiger partial charge in [0.25, 0.3) is 5.91 Å². The number of sulfonamides is 1. The molecule has 0 aromatic heterocycles. The molecular formula is C20H26F2N4O4S. The smallest absolute Gasteiger partial charge is 0.293 e. The number of carbonyl (C=O) groups excluding carboxylic acids is 1. The Labute approximate surface area is 180 Å². The van der Waals surface area contributed by atoms with E-state index in [4.69, 9.17) is 10.1 Å². The summed E-state index contributed by atoms with van der Waals surface area (Å²) in [7, 11) is -3.33. The zero-order chi connectivity index (χ0) is 22.6. The molecule has 1 aliphatic carbocycles. The standard InChI is InChI=1S/C20H26F2N4O4S/c1-31(28,29)26-8-6-25(7-9-26)18(13-23)19(30-17-4-2-3-5-17)20(27)24-16-11-14(21)10-15(22)12-16/h10-13,17,23H,2-9H2,1H3,(H,24,27)/b19-18-,23-13?. The number of allylic oxidation sites excluding steroid dienone is 1. The summed E-state index contributed by atoms with van der Waals surface area (Å²) in [5.74, 6) is -2.50. The number of nitrogens with zero attached hydrogens (tertiary/aromatic N) is 2. The topological polar surface area (TPSA) is 103 Å². The first-order chi connectivity index (χ1) is 14.7. The van der Waals surface area contributed by atoms with E-state index in [0.717, 1.165) is 50.3 Å². The van der Waals surface area contributed by atoms with E-state index in [1.807, 2.05) is 0 Å². The van der Waals surface area contributed by atoms with Gasteiger partial charge in [-0.05, 0) is 37.8 Å². The van der Waals surface area contributed by atoms with Gasteiger partial charge in [-0.3, -0.25) is 4.79 Å². The van der Waals surface area contributed by atoms with Gasteiger partial charge in [-0.2, -0.15) is 4.31 Å². The lowest BCUT2D eigenvalue weighted by Gasteiger charge is -2.35. The van der Waals surface area contributed by atoms with Gasteiger partial charge in [-0.25, -0.2) is 17.2 Å². The minimum absolute atomic E-state index is 0.0683. The number of rotatable bonds is 7. The Bertz CT molecular complexity index is 949. The first-order valence-electron chi connectivity index (χ1n) is 10.1. The van der Waals surface area contributed by atoms with Crippen LogP contribution in [0.5, 0.6) is 0 Å². The van der Waals surface area contributed by atoms with Gasteiger partial charge in [0.1, 0.15) is 17.3 Å². The second kappa shape index (κ2) is 9.73. The fourth-order valence-electron chi connectivity index (χ4n) is 3.78. The molecule has 1 aromatic carbocycles. The number of halogens is 2. The molecule has 31 heavy (non-hydrogen) atoms. The predicted molar refractivity (Wildman–Crippen MR) is 112 cm³/mol. The normalized spacial score (nSPS) is 19.1. The van der Waals surface area contributed by atoms with E-state index in [-0.39, 0.29) is 49.4 Å². The maximum absolute atomic E-state index is 13.5. The number of hydrogen-bond acceptors (Lipinski definition) is 6. The second-order valence-electron chi connectivity index (χ2n) is 7.64. The van der Waals surface area contributed by atoms with Crippen LogP contribution in [0.2, 0.25) is 0 Å². The minimum Gasteiger partial charge on any atom is -0.483 e. The summed E-state index contributed by atoms with van der Waals surface area (Å²) < 4.78 is 57.9. The lowest BCUT2D eigenvalue weighted by Crippen LogP contribution is -2.48. The van der Waals surface area contributed by atoms with Crippen LogP contribution in [0.4, 0.5) is 14.5 Å². The number of amides is 1. The molecule has 0 bridgehead atoms. The molecule has 8 nitrogen and oxygen atoms in total. The summed E-state index contributed by atoms with van der Waals surface area (Å²) in [5.41, 5.74) is 0.135. The van der Waals surface area contributed by atoms with Crippen molar-refractivity contribution in [2.75, 3.05) is 37.8 Å². The van der Waals surface area contributed by atoms with Crippen molar-refractivity contribution in [3.63, 3.8) is 0 Å². The SMILES string of the molecule is CS(=O)(=O)N1CCN(/C(C=N)=C(\OC2CCCC2)C(=O)Nc2cc(F)cc(F)c2)CC1. The molecule has 2 fully saturated rings. The van der Waals surface area contributed by atoms with Crippen LogP contribution in [0.1, 0.15) is 25.7 Å². The number of anilines is 1. The highest BCUT2D eigenvalue weighted by atomic mass is 32.2. The molecule has 1 aromatic rings. The number of nitrogens with one attached hydrogen (secondary N) is 2. The molecule has 2 N–H and O–H groups in total. The zero-order valence-corrected chi connectivity index (χ0v) is 18.1. The Hall–Kier alpha value is -2.53. The average molecular weight is 457 g/mol. The van der Waals surface area contributed by atoms with E-state index in [2.05, 4.69) is 5.32 Å². The van der Waals surface area contributed by atoms with Crippen molar-refractivity contribution in [3.8, 4) is 0 Å². The molecule has 1 aliphatic heterocycles. The number of piperazine rings is 1. The lowest BCUT2D eigenvalue weighted by atomic mass is 10.2. The summed E-state index contributed by atoms with van der Waals surface area (Å²) in [6, 6.07) is 2.68. The van der Waals surface area contributed by atoms with Crippen LogP contribution >= 0.6 is 0 Å². The van der Waals surface area contributed by atoms with Crippen LogP contribution < -0.4 is 5.32 Å². The Kier molecular flexibility index (Phi) is 7.26. The molecule has 11 heteroatoms. The lowest BCUT2D eigenvalue weighted by molar-refractivity contribution is -0.117. The van der Waals surface area contributed by atoms with Gasteiger partial charge in [0.05, 0.1) is 12.4 Å². The highest BCUT2D eigenvalue weighted by Gasteiger charge is 2.30. The summed E-state index contributed by atoms with van der Waals surface area (Å²) in [6.07, 6.45) is 5.38. The van der Waals surface area contributed by atoms with Crippen LogP contribution in [0.25, 0.3) is 0 Å². The van der Waals surface area contributed by atoms with Gasteiger partial charge in [-0.1, -0.05) is 0 Å². The molecule has 1 saturated carbocycles. The van der Waals surface area contributed by atoms with Crippen LogP contribution in [-0.2, 0) is 19.6 Å². The van der Waals surface area contributed by atoms with Gasteiger partial charge in [-0.15, -0.1) is 0 Å². The minimum atomic E-state index is -3.33. The van der Waals surface area contributed by atoms with Gasteiger partial charge in [0, 0.05) is 44.1 Å². The average Bonchev–Trinajstić information content (AvgIpc) is 3.20. The van der Waals surface area contributed by atoms with E-state index in [9.17, 15) is 22.0 Å². The first kappa shape index (κ1) is 23.1. The zero-order valence-electron chi connectivity index (χ0n) is 17.2. The van der Waals surface area contributed by atoms with E-state index < -0.39 is 27.6 Å². The Morgan fingerprint density at radius 2 is 1.71 bits per heavy atom. The van der Waals surface area contributed by atoms with Crippen molar-refractivity contribution < 1.29 is 26.7 Å². The van der Waals surface area contributed by atoms with Crippen molar-refractivity contribution in [2.45, 2.75) is 31.8 Å². The maximum Gasteiger partial charge on any atom is 0.293 e. The largest absolute Gasteiger partial charge is 0.483 e. The second-order valence-corrected chi connectivity index (χ2v) is 9.63. The molecule has 1 amide bonds. The fraction of sp³-hybridized carbons (Fsp3) is 0.500. The Morgan fingerprint density at radius 1 is 1.13 bits per heavy atom. The molecule has 0 radical (unpaired) electrons. The van der Waals surface area contributed by atoms with Crippen molar-refractivity contribution in [3.05, 3.63) is 41.3 Å². The predicted octanol–water partition coefficient (Wildman–Crippen LogP) is 2.30. The number of benzene rings is 1. The molecule has 0 unspecified atom stereocenters. The van der Waals surface area contributed by atoms with E-state index in [0.29, 0.717) is 6.07 Å². The number of hydrogen-bond donors (Lipinski definition) is 2. The highest BCUT2D eigenvalue weighted by Crippen LogP contribution is 2.26. The van der Waals surface area contributed by atoms with E-state index in [1.165, 1.54) is 4.31 Å². The van der Waals surface area contributed by atoms with Crippen molar-refractivity contribution in [1.29, 1.82) is 5.41 Å². The van der Waals surface area contributed by atoms with Gasteiger partial charge < -0.3 is 20.4 Å². The van der Waals surface area contributed by atoms with Crippen LogP contribution in [0.3, 0.4) is 0 Å². The Balaban J connectivity index is 1.87. The molecule has 170 valence electrons. The third-order valence-electron chi connectivity index (χ3n) is 5.33. The van der Waals surface area contributed by atoms with Gasteiger partial charge >= 0.3 is 0 Å². The number of carbonyl (C=O) groups is 1. The third kappa shape index (κ3) is 6.01. The van der Waals surface area contributed by atoms with E-state index in [1.54, 1.807) is 4.90 Å². The molecule has 0 atom stereocenters. The first-order valence-corrected chi connectivity index (χ1v) is 11.9.